The number of nitrogens with one attached hydrogen (secondary N) is 1. The first-order chi connectivity index (χ1) is 10.0. The lowest BCUT2D eigenvalue weighted by Gasteiger charge is -2.13. The summed E-state index contributed by atoms with van der Waals surface area (Å²) in [6.45, 7) is 4.21. The van der Waals surface area contributed by atoms with Crippen LogP contribution in [0.5, 0.6) is 0 Å². The van der Waals surface area contributed by atoms with Gasteiger partial charge in [0.1, 0.15) is 10.3 Å². The summed E-state index contributed by atoms with van der Waals surface area (Å²) in [6.07, 6.45) is 0.699. The van der Waals surface area contributed by atoms with Crippen LogP contribution in [0.1, 0.15) is 46.6 Å². The fourth-order valence-electron chi connectivity index (χ4n) is 2.06. The summed E-state index contributed by atoms with van der Waals surface area (Å²) in [5.74, 6) is -0.0729. The lowest BCUT2D eigenvalue weighted by atomic mass is 10.2. The molecule has 110 valence electrons. The van der Waals surface area contributed by atoms with Gasteiger partial charge in [0, 0.05) is 12.6 Å². The zero-order valence-corrected chi connectivity index (χ0v) is 13.4. The Morgan fingerprint density at radius 1 is 1.38 bits per heavy atom. The summed E-state index contributed by atoms with van der Waals surface area (Å²) < 4.78 is 2.01. The number of amides is 1. The van der Waals surface area contributed by atoms with E-state index in [0.29, 0.717) is 23.1 Å². The predicted octanol–water partition coefficient (Wildman–Crippen LogP) is 2.97. The van der Waals surface area contributed by atoms with Gasteiger partial charge in [-0.15, -0.1) is 0 Å². The molecule has 6 heteroatoms. The van der Waals surface area contributed by atoms with Gasteiger partial charge in [-0.2, -0.15) is 0 Å². The van der Waals surface area contributed by atoms with Gasteiger partial charge in [0.15, 0.2) is 6.29 Å². The molecule has 0 fully saturated rings. The van der Waals surface area contributed by atoms with Crippen molar-refractivity contribution in [3.8, 4) is 0 Å². The maximum Gasteiger partial charge on any atom is 0.287 e. The first-order valence-corrected chi connectivity index (χ1v) is 7.39. The summed E-state index contributed by atoms with van der Waals surface area (Å²) in [5.41, 5.74) is 1.37. The smallest absolute Gasteiger partial charge is 0.287 e. The minimum atomic E-state index is -0.304. The van der Waals surface area contributed by atoms with Crippen molar-refractivity contribution in [3.63, 3.8) is 0 Å². The standard InChI is InChI=1S/C15H16BrN3O2/c1-10(2)19-12(9-20)13(16)18-14(19)15(21)17-8-11-6-4-3-5-7-11/h3-7,9-10H,8H2,1-2H3,(H,17,21). The van der Waals surface area contributed by atoms with Gasteiger partial charge in [-0.3, -0.25) is 9.59 Å². The highest BCUT2D eigenvalue weighted by molar-refractivity contribution is 9.10. The van der Waals surface area contributed by atoms with E-state index in [1.54, 1.807) is 4.57 Å². The SMILES string of the molecule is CC(C)n1c(C(=O)NCc2ccccc2)nc(Br)c1C=O. The summed E-state index contributed by atoms with van der Waals surface area (Å²) in [7, 11) is 0. The normalized spacial score (nSPS) is 10.7. The molecule has 0 radical (unpaired) electrons. The number of aldehydes is 1. The van der Waals surface area contributed by atoms with Crippen molar-refractivity contribution in [1.29, 1.82) is 0 Å². The van der Waals surface area contributed by atoms with Gasteiger partial charge < -0.3 is 9.88 Å². The van der Waals surface area contributed by atoms with Gasteiger partial charge in [0.05, 0.1) is 0 Å². The number of hydrogen-bond donors (Lipinski definition) is 1. The largest absolute Gasteiger partial charge is 0.345 e. The number of carbonyl (C=O) groups is 2. The van der Waals surface area contributed by atoms with Crippen LogP contribution in [-0.4, -0.2) is 21.7 Å². The maximum atomic E-state index is 12.3. The molecule has 0 saturated carbocycles. The van der Waals surface area contributed by atoms with Gasteiger partial charge in [-0.05, 0) is 35.3 Å². The van der Waals surface area contributed by atoms with E-state index in [4.69, 9.17) is 0 Å². The number of hydrogen-bond acceptors (Lipinski definition) is 3. The topological polar surface area (TPSA) is 64.0 Å². The van der Waals surface area contributed by atoms with Crippen LogP contribution in [0.25, 0.3) is 0 Å². The zero-order chi connectivity index (χ0) is 15.4. The van der Waals surface area contributed by atoms with Crippen LogP contribution in [0.15, 0.2) is 34.9 Å². The summed E-state index contributed by atoms with van der Waals surface area (Å²) in [4.78, 5) is 27.6. The second kappa shape index (κ2) is 6.67. The third kappa shape index (κ3) is 3.39. The van der Waals surface area contributed by atoms with Crippen molar-refractivity contribution in [2.45, 2.75) is 26.4 Å². The van der Waals surface area contributed by atoms with E-state index in [1.165, 1.54) is 0 Å². The minimum Gasteiger partial charge on any atom is -0.345 e. The lowest BCUT2D eigenvalue weighted by Crippen LogP contribution is -2.27. The van der Waals surface area contributed by atoms with E-state index in [-0.39, 0.29) is 17.8 Å². The van der Waals surface area contributed by atoms with Crippen LogP contribution in [0.2, 0.25) is 0 Å². The number of rotatable bonds is 5. The average Bonchev–Trinajstić information content (AvgIpc) is 2.82. The molecule has 1 aromatic carbocycles. The van der Waals surface area contributed by atoms with Crippen LogP contribution in [0.4, 0.5) is 0 Å². The molecular formula is C15H16BrN3O2. The van der Waals surface area contributed by atoms with Crippen molar-refractivity contribution in [2.24, 2.45) is 0 Å². The zero-order valence-electron chi connectivity index (χ0n) is 11.8. The Labute approximate surface area is 131 Å². The van der Waals surface area contributed by atoms with Gasteiger partial charge >= 0.3 is 0 Å². The van der Waals surface area contributed by atoms with Crippen LogP contribution >= 0.6 is 15.9 Å². The van der Waals surface area contributed by atoms with E-state index in [0.717, 1.165) is 5.56 Å². The second-order valence-electron chi connectivity index (χ2n) is 4.86. The molecule has 1 amide bonds. The number of aromatic nitrogens is 2. The van der Waals surface area contributed by atoms with Crippen molar-refractivity contribution in [3.05, 3.63) is 52.0 Å². The fourth-order valence-corrected chi connectivity index (χ4v) is 2.52. The van der Waals surface area contributed by atoms with Crippen molar-refractivity contribution >= 4 is 28.1 Å². The molecule has 1 N–H and O–H groups in total. The highest BCUT2D eigenvalue weighted by Crippen LogP contribution is 2.21. The molecule has 0 unspecified atom stereocenters. The molecule has 0 bridgehead atoms. The number of benzene rings is 1. The number of carbonyl (C=O) groups excluding carboxylic acids is 2. The molecule has 0 saturated heterocycles. The molecular weight excluding hydrogens is 334 g/mol. The molecule has 2 rings (SSSR count). The first kappa shape index (κ1) is 15.4. The predicted molar refractivity (Wildman–Crippen MR) is 83.3 cm³/mol. The molecule has 21 heavy (non-hydrogen) atoms. The number of imidazole rings is 1. The highest BCUT2D eigenvalue weighted by Gasteiger charge is 2.22. The van der Waals surface area contributed by atoms with Gasteiger partial charge in [0.25, 0.3) is 5.91 Å². The molecule has 0 atom stereocenters. The van der Waals surface area contributed by atoms with E-state index in [1.807, 2.05) is 44.2 Å². The van der Waals surface area contributed by atoms with E-state index < -0.39 is 0 Å². The monoisotopic (exact) mass is 349 g/mol. The maximum absolute atomic E-state index is 12.3. The van der Waals surface area contributed by atoms with Crippen LogP contribution < -0.4 is 5.32 Å². The minimum absolute atomic E-state index is 0.0403. The third-order valence-electron chi connectivity index (χ3n) is 3.03. The van der Waals surface area contributed by atoms with Crippen LogP contribution in [0.3, 0.4) is 0 Å². The molecule has 0 aliphatic rings. The van der Waals surface area contributed by atoms with Gasteiger partial charge in [-0.1, -0.05) is 30.3 Å². The van der Waals surface area contributed by atoms with Crippen LogP contribution in [-0.2, 0) is 6.54 Å². The Kier molecular flexibility index (Phi) is 4.90. The quantitative estimate of drug-likeness (QED) is 0.844. The number of halogens is 1. The summed E-state index contributed by atoms with van der Waals surface area (Å²) in [5, 5.41) is 2.82. The molecule has 0 aliphatic heterocycles. The Balaban J connectivity index is 2.21. The molecule has 5 nitrogen and oxygen atoms in total. The summed E-state index contributed by atoms with van der Waals surface area (Å²) in [6, 6.07) is 9.57. The van der Waals surface area contributed by atoms with Gasteiger partial charge in [-0.25, -0.2) is 4.98 Å². The molecule has 1 heterocycles. The molecule has 0 aliphatic carbocycles. The van der Waals surface area contributed by atoms with Crippen molar-refractivity contribution in [1.82, 2.24) is 14.9 Å². The van der Waals surface area contributed by atoms with E-state index in [2.05, 4.69) is 26.2 Å². The van der Waals surface area contributed by atoms with Gasteiger partial charge in [0.2, 0.25) is 5.82 Å². The molecule has 0 spiro atoms. The highest BCUT2D eigenvalue weighted by atomic mass is 79.9. The first-order valence-electron chi connectivity index (χ1n) is 6.59. The Morgan fingerprint density at radius 3 is 2.62 bits per heavy atom. The second-order valence-corrected chi connectivity index (χ2v) is 5.61. The Morgan fingerprint density at radius 2 is 2.05 bits per heavy atom. The summed E-state index contributed by atoms with van der Waals surface area (Å²) >= 11 is 3.22. The third-order valence-corrected chi connectivity index (χ3v) is 3.61. The molecule has 2 aromatic rings. The average molecular weight is 350 g/mol. The van der Waals surface area contributed by atoms with Crippen molar-refractivity contribution in [2.75, 3.05) is 0 Å². The fraction of sp³-hybridized carbons (Fsp3) is 0.267. The Hall–Kier alpha value is -1.95. The van der Waals surface area contributed by atoms with Crippen LogP contribution in [0, 0.1) is 0 Å². The van der Waals surface area contributed by atoms with Crippen molar-refractivity contribution < 1.29 is 9.59 Å². The van der Waals surface area contributed by atoms with E-state index in [9.17, 15) is 9.59 Å². The van der Waals surface area contributed by atoms with E-state index >= 15 is 0 Å². The lowest BCUT2D eigenvalue weighted by molar-refractivity contribution is 0.0934. The Bertz CT molecular complexity index is 650. The number of nitrogens with zero attached hydrogens (tertiary/aromatic N) is 2. The molecule has 1 aromatic heterocycles.